The molecule has 0 unspecified atom stereocenters. The van der Waals surface area contributed by atoms with Crippen LogP contribution in [0.4, 0.5) is 13.2 Å². The average molecular weight is 342 g/mol. The summed E-state index contributed by atoms with van der Waals surface area (Å²) < 4.78 is 43.4. The van der Waals surface area contributed by atoms with Crippen LogP contribution in [-0.4, -0.2) is 17.9 Å². The molecule has 2 aromatic carbocycles. The molecule has 1 aliphatic rings. The van der Waals surface area contributed by atoms with E-state index in [0.29, 0.717) is 17.9 Å². The van der Waals surface area contributed by atoms with Gasteiger partial charge in [0.1, 0.15) is 11.5 Å². The van der Waals surface area contributed by atoms with Crippen molar-refractivity contribution < 1.29 is 22.7 Å². The molecule has 0 aromatic heterocycles. The molecule has 0 saturated heterocycles. The van der Waals surface area contributed by atoms with Gasteiger partial charge in [-0.1, -0.05) is 17.7 Å². The molecule has 120 valence electrons. The molecule has 0 aliphatic carbocycles. The van der Waals surface area contributed by atoms with Crippen molar-refractivity contribution >= 4 is 17.5 Å². The number of benzene rings is 2. The zero-order valence-corrected chi connectivity index (χ0v) is 12.7. The molecule has 2 aromatic rings. The van der Waals surface area contributed by atoms with Crippen molar-refractivity contribution in [2.75, 3.05) is 7.05 Å². The molecule has 0 N–H and O–H groups in total. The quantitative estimate of drug-likeness (QED) is 0.790. The van der Waals surface area contributed by atoms with Gasteiger partial charge in [-0.3, -0.25) is 4.79 Å². The van der Waals surface area contributed by atoms with Crippen LogP contribution in [0.1, 0.15) is 21.5 Å². The smallest absolute Gasteiger partial charge is 0.416 e. The summed E-state index contributed by atoms with van der Waals surface area (Å²) in [4.78, 5) is 13.5. The molecule has 1 aliphatic heterocycles. The van der Waals surface area contributed by atoms with Crippen molar-refractivity contribution in [2.45, 2.75) is 12.7 Å². The Bertz CT molecular complexity index is 789. The highest BCUT2D eigenvalue weighted by Gasteiger charge is 2.31. The summed E-state index contributed by atoms with van der Waals surface area (Å²) in [6, 6.07) is 7.83. The third-order valence-electron chi connectivity index (χ3n) is 3.55. The van der Waals surface area contributed by atoms with Crippen LogP contribution in [0.5, 0.6) is 11.5 Å². The van der Waals surface area contributed by atoms with Crippen LogP contribution in [-0.2, 0) is 12.7 Å². The van der Waals surface area contributed by atoms with E-state index in [1.807, 2.05) is 0 Å². The normalized spacial score (nSPS) is 14.1. The van der Waals surface area contributed by atoms with Gasteiger partial charge in [0.15, 0.2) is 0 Å². The largest absolute Gasteiger partial charge is 0.456 e. The number of fused-ring (bicyclic) bond motifs is 1. The summed E-state index contributed by atoms with van der Waals surface area (Å²) in [6.45, 7) is 0.523. The van der Waals surface area contributed by atoms with Gasteiger partial charge in [-0.15, -0.1) is 0 Å². The molecule has 1 amide bonds. The van der Waals surface area contributed by atoms with Gasteiger partial charge >= 0.3 is 6.18 Å². The van der Waals surface area contributed by atoms with Crippen LogP contribution >= 0.6 is 11.6 Å². The molecular formula is C16H11ClF3NO2. The second-order valence-corrected chi connectivity index (χ2v) is 5.63. The third kappa shape index (κ3) is 2.99. The maximum atomic E-state index is 12.6. The Morgan fingerprint density at radius 1 is 1.17 bits per heavy atom. The average Bonchev–Trinajstić information content (AvgIpc) is 2.75. The van der Waals surface area contributed by atoms with Gasteiger partial charge in [0, 0.05) is 19.2 Å². The first-order valence-electron chi connectivity index (χ1n) is 6.68. The van der Waals surface area contributed by atoms with Gasteiger partial charge in [0.25, 0.3) is 5.91 Å². The Kier molecular flexibility index (Phi) is 3.72. The van der Waals surface area contributed by atoms with E-state index < -0.39 is 11.7 Å². The number of carbonyl (C=O) groups excluding carboxylic acids is 1. The van der Waals surface area contributed by atoms with E-state index in [1.54, 1.807) is 30.1 Å². The summed E-state index contributed by atoms with van der Waals surface area (Å²) in [7, 11) is 1.69. The number of carbonyl (C=O) groups is 1. The predicted octanol–water partition coefficient (Wildman–Crippen LogP) is 4.74. The summed E-state index contributed by atoms with van der Waals surface area (Å²) in [6.07, 6.45) is -4.47. The van der Waals surface area contributed by atoms with Crippen LogP contribution in [0.3, 0.4) is 0 Å². The van der Waals surface area contributed by atoms with Crippen LogP contribution in [0.25, 0.3) is 0 Å². The van der Waals surface area contributed by atoms with E-state index in [0.717, 1.165) is 23.8 Å². The second kappa shape index (κ2) is 5.45. The number of halogens is 4. The van der Waals surface area contributed by atoms with Gasteiger partial charge in [-0.25, -0.2) is 0 Å². The topological polar surface area (TPSA) is 29.5 Å². The van der Waals surface area contributed by atoms with E-state index in [4.69, 9.17) is 16.3 Å². The van der Waals surface area contributed by atoms with E-state index in [9.17, 15) is 18.0 Å². The molecule has 1 heterocycles. The Hall–Kier alpha value is -2.21. The Morgan fingerprint density at radius 3 is 2.57 bits per heavy atom. The van der Waals surface area contributed by atoms with E-state index in [2.05, 4.69) is 0 Å². The summed E-state index contributed by atoms with van der Waals surface area (Å²) >= 11 is 5.85. The summed E-state index contributed by atoms with van der Waals surface area (Å²) in [5.74, 6) is 0.316. The van der Waals surface area contributed by atoms with Gasteiger partial charge in [0.2, 0.25) is 0 Å². The van der Waals surface area contributed by atoms with Gasteiger partial charge in [-0.2, -0.15) is 13.2 Å². The maximum Gasteiger partial charge on any atom is 0.416 e. The SMILES string of the molecule is CN1Cc2ccc(Oc3ccc(C(F)(F)F)cc3Cl)cc2C1=O. The van der Waals surface area contributed by atoms with Crippen molar-refractivity contribution in [3.63, 3.8) is 0 Å². The maximum absolute atomic E-state index is 12.6. The summed E-state index contributed by atoms with van der Waals surface area (Å²) in [5, 5.41) is -0.149. The minimum absolute atomic E-state index is 0.0958. The lowest BCUT2D eigenvalue weighted by atomic mass is 10.1. The number of amides is 1. The highest BCUT2D eigenvalue weighted by Crippen LogP contribution is 2.37. The molecular weight excluding hydrogens is 331 g/mol. The first-order chi connectivity index (χ1) is 10.8. The molecule has 0 radical (unpaired) electrons. The summed E-state index contributed by atoms with van der Waals surface area (Å²) in [5.41, 5.74) is 0.553. The van der Waals surface area contributed by atoms with Crippen LogP contribution in [0, 0.1) is 0 Å². The van der Waals surface area contributed by atoms with Crippen molar-refractivity contribution in [3.05, 3.63) is 58.1 Å². The molecule has 3 nitrogen and oxygen atoms in total. The number of rotatable bonds is 2. The molecule has 0 bridgehead atoms. The number of alkyl halides is 3. The van der Waals surface area contributed by atoms with Gasteiger partial charge in [-0.05, 0) is 35.9 Å². The van der Waals surface area contributed by atoms with E-state index >= 15 is 0 Å². The van der Waals surface area contributed by atoms with Crippen LogP contribution < -0.4 is 4.74 Å². The lowest BCUT2D eigenvalue weighted by molar-refractivity contribution is -0.137. The number of hydrogen-bond donors (Lipinski definition) is 0. The monoisotopic (exact) mass is 341 g/mol. The standard InChI is InChI=1S/C16H11ClF3NO2/c1-21-8-9-2-4-11(7-12(9)15(21)22)23-14-5-3-10(6-13(14)17)16(18,19)20/h2-7H,8H2,1H3. The van der Waals surface area contributed by atoms with Crippen LogP contribution in [0.15, 0.2) is 36.4 Å². The highest BCUT2D eigenvalue weighted by atomic mass is 35.5. The Morgan fingerprint density at radius 2 is 1.91 bits per heavy atom. The molecule has 7 heteroatoms. The number of ether oxygens (including phenoxy) is 1. The first-order valence-corrected chi connectivity index (χ1v) is 7.06. The fourth-order valence-electron chi connectivity index (χ4n) is 2.38. The highest BCUT2D eigenvalue weighted by molar-refractivity contribution is 6.32. The van der Waals surface area contributed by atoms with Gasteiger partial charge in [0.05, 0.1) is 10.6 Å². The van der Waals surface area contributed by atoms with Crippen molar-refractivity contribution in [2.24, 2.45) is 0 Å². The minimum atomic E-state index is -4.47. The van der Waals surface area contributed by atoms with Crippen LogP contribution in [0.2, 0.25) is 5.02 Å². The lowest BCUT2D eigenvalue weighted by Crippen LogP contribution is -2.17. The number of nitrogens with zero attached hydrogens (tertiary/aromatic N) is 1. The zero-order valence-electron chi connectivity index (χ0n) is 11.9. The Balaban J connectivity index is 1.88. The molecule has 0 atom stereocenters. The van der Waals surface area contributed by atoms with E-state index in [-0.39, 0.29) is 16.7 Å². The Labute approximate surface area is 135 Å². The zero-order chi connectivity index (χ0) is 16.8. The third-order valence-corrected chi connectivity index (χ3v) is 3.85. The fourth-order valence-corrected chi connectivity index (χ4v) is 2.59. The number of hydrogen-bond acceptors (Lipinski definition) is 2. The molecule has 0 fully saturated rings. The fraction of sp³-hybridized carbons (Fsp3) is 0.188. The molecule has 0 saturated carbocycles. The molecule has 0 spiro atoms. The second-order valence-electron chi connectivity index (χ2n) is 5.23. The van der Waals surface area contributed by atoms with Crippen molar-refractivity contribution in [1.82, 2.24) is 4.90 Å². The first kappa shape index (κ1) is 15.7. The van der Waals surface area contributed by atoms with E-state index in [1.165, 1.54) is 0 Å². The van der Waals surface area contributed by atoms with Crippen molar-refractivity contribution in [1.29, 1.82) is 0 Å². The predicted molar refractivity (Wildman–Crippen MR) is 78.8 cm³/mol. The molecule has 3 rings (SSSR count). The minimum Gasteiger partial charge on any atom is -0.456 e. The van der Waals surface area contributed by atoms with Crippen molar-refractivity contribution in [3.8, 4) is 11.5 Å². The molecule has 23 heavy (non-hydrogen) atoms. The van der Waals surface area contributed by atoms with Gasteiger partial charge < -0.3 is 9.64 Å². The lowest BCUT2D eigenvalue weighted by Gasteiger charge is -2.11.